The first-order valence-corrected chi connectivity index (χ1v) is 8.02. The Morgan fingerprint density at radius 1 is 1.05 bits per heavy atom. The predicted molar refractivity (Wildman–Crippen MR) is 88.8 cm³/mol. The van der Waals surface area contributed by atoms with Crippen LogP contribution in [-0.2, 0) is 0 Å². The highest BCUT2D eigenvalue weighted by Gasteiger charge is 2.23. The molecule has 0 aromatic heterocycles. The Balaban J connectivity index is 2.43. The number of aryl methyl sites for hydroxylation is 1. The summed E-state index contributed by atoms with van der Waals surface area (Å²) in [5.41, 5.74) is 1.59. The third kappa shape index (κ3) is 3.92. The predicted octanol–water partition coefficient (Wildman–Crippen LogP) is 5.43. The van der Waals surface area contributed by atoms with E-state index in [0.29, 0.717) is 30.4 Å². The maximum absolute atomic E-state index is 9.24. The molecule has 0 unspecified atom stereocenters. The number of rotatable bonds is 6. The summed E-state index contributed by atoms with van der Waals surface area (Å²) >= 11 is 1.56. The van der Waals surface area contributed by atoms with Crippen molar-refractivity contribution in [1.29, 1.82) is 5.39 Å². The van der Waals surface area contributed by atoms with E-state index in [4.69, 9.17) is 9.47 Å². The van der Waals surface area contributed by atoms with Gasteiger partial charge in [-0.15, -0.1) is 0 Å². The molecule has 114 valence electrons. The molecule has 0 spiro atoms. The molecule has 0 saturated carbocycles. The fraction of sp³-hybridized carbons (Fsp3) is 0.294. The van der Waals surface area contributed by atoms with Crippen LogP contribution in [0.5, 0.6) is 11.5 Å². The highest BCUT2D eigenvalue weighted by molar-refractivity contribution is 7.99. The minimum atomic E-state index is 0.377. The molecule has 0 fully saturated rings. The third-order valence-corrected chi connectivity index (χ3v) is 4.00. The third-order valence-electron chi connectivity index (χ3n) is 2.96. The van der Waals surface area contributed by atoms with Crippen LogP contribution in [0, 0.1) is 12.3 Å². The maximum atomic E-state index is 9.24. The molecule has 0 aliphatic heterocycles. The van der Waals surface area contributed by atoms with Crippen molar-refractivity contribution in [3.8, 4) is 11.5 Å². The Morgan fingerprint density at radius 3 is 2.32 bits per heavy atom. The lowest BCUT2D eigenvalue weighted by atomic mass is 10.2. The van der Waals surface area contributed by atoms with E-state index in [2.05, 4.69) is 36.2 Å². The molecule has 0 heterocycles. The molecule has 5 heteroatoms. The van der Waals surface area contributed by atoms with E-state index in [-0.39, 0.29) is 0 Å². The van der Waals surface area contributed by atoms with E-state index >= 15 is 0 Å². The van der Waals surface area contributed by atoms with Gasteiger partial charge < -0.3 is 9.47 Å². The molecule has 2 aromatic carbocycles. The van der Waals surface area contributed by atoms with Crippen molar-refractivity contribution in [2.75, 3.05) is 13.2 Å². The first-order chi connectivity index (χ1) is 10.7. The minimum Gasteiger partial charge on any atom is -0.494 e. The van der Waals surface area contributed by atoms with E-state index in [0.717, 1.165) is 9.79 Å². The Kier molecular flexibility index (Phi) is 5.68. The van der Waals surface area contributed by atoms with Gasteiger partial charge in [-0.2, -0.15) is 0 Å². The molecule has 2 rings (SSSR count). The normalized spacial score (nSPS) is 10.1. The van der Waals surface area contributed by atoms with Crippen molar-refractivity contribution in [2.24, 2.45) is 0 Å². The van der Waals surface area contributed by atoms with E-state index in [1.807, 2.05) is 19.9 Å². The van der Waals surface area contributed by atoms with Crippen LogP contribution in [-0.4, -0.2) is 13.2 Å². The van der Waals surface area contributed by atoms with E-state index in [1.54, 1.807) is 17.8 Å². The standard InChI is InChI=1S/C17H19N2O2S/c1-4-20-13-10-15(19-18)17(21-5-2)16(11-13)22-14-8-6-12(3)7-9-14/h6-11H,4-5H2,1-3H3/q+1. The lowest BCUT2D eigenvalue weighted by Gasteiger charge is -2.10. The van der Waals surface area contributed by atoms with Gasteiger partial charge in [0.1, 0.15) is 5.75 Å². The van der Waals surface area contributed by atoms with Gasteiger partial charge in [0.25, 0.3) is 0 Å². The van der Waals surface area contributed by atoms with Crippen LogP contribution >= 0.6 is 11.8 Å². The minimum absolute atomic E-state index is 0.377. The number of benzene rings is 2. The van der Waals surface area contributed by atoms with Crippen molar-refractivity contribution in [2.45, 2.75) is 30.6 Å². The molecule has 0 aliphatic carbocycles. The molecule has 0 aliphatic rings. The molecule has 0 radical (unpaired) electrons. The highest BCUT2D eigenvalue weighted by Crippen LogP contribution is 2.44. The van der Waals surface area contributed by atoms with Crippen LogP contribution in [0.1, 0.15) is 19.4 Å². The molecule has 4 nitrogen and oxygen atoms in total. The van der Waals surface area contributed by atoms with E-state index in [9.17, 15) is 5.39 Å². The summed E-state index contributed by atoms with van der Waals surface area (Å²) in [6.07, 6.45) is 0. The van der Waals surface area contributed by atoms with Gasteiger partial charge in [-0.1, -0.05) is 29.5 Å². The lowest BCUT2D eigenvalue weighted by Crippen LogP contribution is -1.96. The number of hydrogen-bond donors (Lipinski definition) is 0. The van der Waals surface area contributed by atoms with Gasteiger partial charge in [0, 0.05) is 4.90 Å². The molecule has 22 heavy (non-hydrogen) atoms. The van der Waals surface area contributed by atoms with Gasteiger partial charge in [-0.3, -0.25) is 0 Å². The van der Waals surface area contributed by atoms with Crippen molar-refractivity contribution in [3.05, 3.63) is 46.9 Å². The van der Waals surface area contributed by atoms with Crippen LogP contribution in [0.15, 0.2) is 46.2 Å². The number of hydrogen-bond acceptors (Lipinski definition) is 4. The monoisotopic (exact) mass is 315 g/mol. The Hall–Kier alpha value is -2.19. The average molecular weight is 315 g/mol. The van der Waals surface area contributed by atoms with Crippen molar-refractivity contribution in [1.82, 2.24) is 0 Å². The number of nitrogens with zero attached hydrogens (tertiary/aromatic N) is 2. The average Bonchev–Trinajstić information content (AvgIpc) is 2.52. The Bertz CT molecular complexity index is 678. The molecular weight excluding hydrogens is 296 g/mol. The topological polar surface area (TPSA) is 46.6 Å². The molecule has 0 atom stereocenters. The van der Waals surface area contributed by atoms with Crippen LogP contribution in [0.25, 0.3) is 4.98 Å². The zero-order chi connectivity index (χ0) is 15.9. The molecular formula is C17H19N2O2S+. The van der Waals surface area contributed by atoms with Crippen molar-refractivity contribution in [3.63, 3.8) is 0 Å². The second-order valence-corrected chi connectivity index (χ2v) is 5.77. The van der Waals surface area contributed by atoms with Gasteiger partial charge in [-0.05, 0) is 39.0 Å². The number of diazo groups is 1. The lowest BCUT2D eigenvalue weighted by molar-refractivity contribution is 0.325. The molecule has 0 saturated heterocycles. The second-order valence-electron chi connectivity index (χ2n) is 4.65. The fourth-order valence-corrected chi connectivity index (χ4v) is 2.94. The molecule has 0 amide bonds. The second kappa shape index (κ2) is 7.71. The van der Waals surface area contributed by atoms with E-state index < -0.39 is 0 Å². The molecule has 2 aromatic rings. The smallest absolute Gasteiger partial charge is 0.431 e. The number of ether oxygens (including phenoxy) is 2. The zero-order valence-corrected chi connectivity index (χ0v) is 13.8. The SMILES string of the molecule is CCOc1cc([N+]#N)c(OCC)c(Sc2ccc(C)cc2)c1. The van der Waals surface area contributed by atoms with Gasteiger partial charge in [0.2, 0.25) is 11.1 Å². The quantitative estimate of drug-likeness (QED) is 0.667. The summed E-state index contributed by atoms with van der Waals surface area (Å²) in [5.74, 6) is 1.23. The first-order valence-electron chi connectivity index (χ1n) is 7.21. The van der Waals surface area contributed by atoms with Crippen LogP contribution in [0.3, 0.4) is 0 Å². The van der Waals surface area contributed by atoms with Crippen LogP contribution in [0.4, 0.5) is 5.69 Å². The van der Waals surface area contributed by atoms with Gasteiger partial charge in [0.15, 0.2) is 4.98 Å². The van der Waals surface area contributed by atoms with Gasteiger partial charge >= 0.3 is 5.69 Å². The van der Waals surface area contributed by atoms with Crippen molar-refractivity contribution >= 4 is 17.4 Å². The fourth-order valence-electron chi connectivity index (χ4n) is 1.99. The van der Waals surface area contributed by atoms with Crippen LogP contribution < -0.4 is 9.47 Å². The molecule has 0 bridgehead atoms. The zero-order valence-electron chi connectivity index (χ0n) is 13.0. The van der Waals surface area contributed by atoms with E-state index in [1.165, 1.54) is 5.56 Å². The maximum Gasteiger partial charge on any atom is 0.431 e. The first kappa shape index (κ1) is 16.2. The van der Waals surface area contributed by atoms with Crippen molar-refractivity contribution < 1.29 is 9.47 Å². The van der Waals surface area contributed by atoms with Gasteiger partial charge in [0.05, 0.1) is 24.2 Å². The summed E-state index contributed by atoms with van der Waals surface area (Å²) in [5, 5.41) is 9.24. The largest absolute Gasteiger partial charge is 0.494 e. The van der Waals surface area contributed by atoms with Gasteiger partial charge in [-0.25, -0.2) is 0 Å². The summed E-state index contributed by atoms with van der Waals surface area (Å²) in [6.45, 7) is 6.92. The summed E-state index contributed by atoms with van der Waals surface area (Å²) in [4.78, 5) is 5.28. The summed E-state index contributed by atoms with van der Waals surface area (Å²) in [7, 11) is 0. The Labute approximate surface area is 135 Å². The van der Waals surface area contributed by atoms with Crippen LogP contribution in [0.2, 0.25) is 0 Å². The Morgan fingerprint density at radius 2 is 1.73 bits per heavy atom. The molecule has 0 N–H and O–H groups in total. The summed E-state index contributed by atoms with van der Waals surface area (Å²) in [6, 6.07) is 11.8. The summed E-state index contributed by atoms with van der Waals surface area (Å²) < 4.78 is 11.2. The highest BCUT2D eigenvalue weighted by atomic mass is 32.2.